The van der Waals surface area contributed by atoms with Crippen molar-refractivity contribution in [3.63, 3.8) is 0 Å². The van der Waals surface area contributed by atoms with Crippen molar-refractivity contribution in [1.29, 1.82) is 0 Å². The molecule has 0 rings (SSSR count). The van der Waals surface area contributed by atoms with Gasteiger partial charge in [-0.25, -0.2) is 10.6 Å². The summed E-state index contributed by atoms with van der Waals surface area (Å²) in [6.45, 7) is 0. The van der Waals surface area contributed by atoms with Crippen molar-refractivity contribution in [2.24, 2.45) is 11.6 Å². The van der Waals surface area contributed by atoms with Crippen LogP contribution in [0.2, 0.25) is 0 Å². The third-order valence-corrected chi connectivity index (χ3v) is 0.142. The molecule has 46 valence electrons. The molecule has 7 nitrogen and oxygen atoms in total. The summed E-state index contributed by atoms with van der Waals surface area (Å²) in [7, 11) is 0. The summed E-state index contributed by atoms with van der Waals surface area (Å²) >= 11 is 0. The van der Waals surface area contributed by atoms with Crippen LogP contribution in [0.3, 0.4) is 0 Å². The molecule has 0 aromatic heterocycles. The third-order valence-electron chi connectivity index (χ3n) is 0.142. The van der Waals surface area contributed by atoms with Crippen LogP contribution >= 0.6 is 0 Å². The van der Waals surface area contributed by atoms with Crippen LogP contribution < -0.4 is 17.0 Å². The number of nitrogens with zero attached hydrogens (tertiary/aromatic N) is 3. The molecule has 8 heavy (non-hydrogen) atoms. The Bertz CT molecular complexity index is 90.7. The molecule has 5 N–H and O–H groups in total. The van der Waals surface area contributed by atoms with Crippen molar-refractivity contribution in [2.45, 2.75) is 0 Å². The summed E-state index contributed by atoms with van der Waals surface area (Å²) in [5, 5.41) is 0. The van der Waals surface area contributed by atoms with Crippen LogP contribution in [0, 0.1) is 0 Å². The first-order valence-corrected chi connectivity index (χ1v) is 1.43. The van der Waals surface area contributed by atoms with Crippen LogP contribution in [0.5, 0.6) is 0 Å². The maximum absolute atomic E-state index is 9.35. The van der Waals surface area contributed by atoms with Crippen molar-refractivity contribution in [3.05, 3.63) is 16.0 Å². The summed E-state index contributed by atoms with van der Waals surface area (Å²) in [6, 6.07) is -0.718. The van der Waals surface area contributed by atoms with Crippen molar-refractivity contribution in [3.8, 4) is 0 Å². The smallest absolute Gasteiger partial charge is 0.326 e. The van der Waals surface area contributed by atoms with E-state index in [0.717, 1.165) is 0 Å². The average Bonchev–Trinajstić information content (AvgIpc) is 1.69. The number of nitrogens with two attached hydrogens (primary N) is 2. The number of hydrogen-bond donors (Lipinski definition) is 3. The van der Waals surface area contributed by atoms with E-state index in [0.29, 0.717) is 0 Å². The molecule has 0 aliphatic heterocycles. The first-order valence-electron chi connectivity index (χ1n) is 1.43. The first kappa shape index (κ1) is 9.74. The topological polar surface area (TPSA) is 140 Å². The Kier molecular flexibility index (Phi) is 11.1. The highest BCUT2D eigenvalue weighted by Crippen LogP contribution is 1.34. The predicted molar refractivity (Wildman–Crippen MR) is 27.0 cm³/mol. The van der Waals surface area contributed by atoms with Gasteiger partial charge in [-0.05, 0) is 0 Å². The number of urea groups is 1. The van der Waals surface area contributed by atoms with Crippen molar-refractivity contribution < 1.29 is 4.79 Å². The number of carbonyl (C=O) groups is 1. The molecule has 0 aromatic rings. The quantitative estimate of drug-likeness (QED) is 0.0972. The summed E-state index contributed by atoms with van der Waals surface area (Å²) in [5.41, 5.74) is 19.6. The minimum absolute atomic E-state index is 0.718. The van der Waals surface area contributed by atoms with Gasteiger partial charge in [0.1, 0.15) is 0 Å². The highest BCUT2D eigenvalue weighted by molar-refractivity contribution is 5.70. The molecule has 0 aromatic carbocycles. The molecule has 7 heteroatoms. The number of nitrogens with one attached hydrogen (secondary N) is 1. The van der Waals surface area contributed by atoms with Gasteiger partial charge in [0.15, 0.2) is 0 Å². The van der Waals surface area contributed by atoms with Gasteiger partial charge in [0, 0.05) is 0 Å². The van der Waals surface area contributed by atoms with E-state index in [4.69, 9.17) is 11.1 Å². The second-order valence-electron chi connectivity index (χ2n) is 0.598. The Balaban J connectivity index is 0. The molecule has 0 atom stereocenters. The van der Waals surface area contributed by atoms with Gasteiger partial charge in [0.25, 0.3) is 0 Å². The van der Waals surface area contributed by atoms with Crippen molar-refractivity contribution >= 4 is 6.03 Å². The fourth-order valence-corrected chi connectivity index (χ4v) is 0. The maximum Gasteiger partial charge on any atom is 0.326 e. The van der Waals surface area contributed by atoms with E-state index >= 15 is 0 Å². The minimum atomic E-state index is -0.718. The average molecular weight is 117 g/mol. The number of amides is 2. The number of primary amides is 1. The Labute approximate surface area is 45.0 Å². The van der Waals surface area contributed by atoms with Crippen LogP contribution in [0.4, 0.5) is 4.79 Å². The molecule has 0 bridgehead atoms. The van der Waals surface area contributed by atoms with E-state index in [9.17, 15) is 4.79 Å². The molecule has 0 spiro atoms. The molecular formula is CH5N6O-. The van der Waals surface area contributed by atoms with Crippen LogP contribution in [-0.4, -0.2) is 6.03 Å². The molecule has 2 amide bonds. The maximum atomic E-state index is 9.35. The SMILES string of the molecule is NNC(N)=O.[N-]=[N+]=[N-]. The lowest BCUT2D eigenvalue weighted by Gasteiger charge is -1.81. The Morgan fingerprint density at radius 2 is 1.75 bits per heavy atom. The lowest BCUT2D eigenvalue weighted by molar-refractivity contribution is 0.249. The lowest BCUT2D eigenvalue weighted by Crippen LogP contribution is -2.34. The molecule has 0 fully saturated rings. The fourth-order valence-electron chi connectivity index (χ4n) is 0. The van der Waals surface area contributed by atoms with E-state index in [1.165, 1.54) is 4.91 Å². The van der Waals surface area contributed by atoms with E-state index in [-0.39, 0.29) is 0 Å². The first-order chi connectivity index (χ1) is 3.68. The number of carbonyl (C=O) groups excluding carboxylic acids is 1. The Hall–Kier alpha value is -1.46. The van der Waals surface area contributed by atoms with Gasteiger partial charge in [-0.3, -0.25) is 10.3 Å². The van der Waals surface area contributed by atoms with Gasteiger partial charge in [0.2, 0.25) is 0 Å². The van der Waals surface area contributed by atoms with E-state index in [1.807, 2.05) is 0 Å². The second-order valence-corrected chi connectivity index (χ2v) is 0.598. The van der Waals surface area contributed by atoms with Gasteiger partial charge in [-0.1, -0.05) is 0 Å². The number of hydrogen-bond acceptors (Lipinski definition) is 2. The fraction of sp³-hybridized carbons (Fsp3) is 0. The van der Waals surface area contributed by atoms with Gasteiger partial charge < -0.3 is 16.8 Å². The zero-order chi connectivity index (χ0) is 6.99. The van der Waals surface area contributed by atoms with Gasteiger partial charge in [-0.2, -0.15) is 0 Å². The monoisotopic (exact) mass is 117 g/mol. The number of hydrazine groups is 1. The zero-order valence-corrected chi connectivity index (χ0v) is 3.90. The molecule has 0 saturated heterocycles. The lowest BCUT2D eigenvalue weighted by atomic mass is 11.2. The van der Waals surface area contributed by atoms with Gasteiger partial charge in [-0.15, -0.1) is 0 Å². The summed E-state index contributed by atoms with van der Waals surface area (Å²) in [5.74, 6) is 4.45. The molecule has 0 unspecified atom stereocenters. The van der Waals surface area contributed by atoms with Crippen LogP contribution in [-0.2, 0) is 0 Å². The molecule has 0 aliphatic rings. The van der Waals surface area contributed by atoms with Crippen LogP contribution in [0.1, 0.15) is 0 Å². The molecule has 0 aliphatic carbocycles. The van der Waals surface area contributed by atoms with E-state index in [1.54, 1.807) is 5.43 Å². The molecule has 0 radical (unpaired) electrons. The Morgan fingerprint density at radius 1 is 1.62 bits per heavy atom. The Morgan fingerprint density at radius 3 is 1.75 bits per heavy atom. The van der Waals surface area contributed by atoms with Gasteiger partial charge in [0.05, 0.1) is 0 Å². The molecule has 0 saturated carbocycles. The molecular weight excluding hydrogens is 112 g/mol. The highest BCUT2D eigenvalue weighted by atomic mass is 16.2. The normalized spacial score (nSPS) is 5.12. The standard InChI is InChI=1S/CH5N3O.N3/c2-1(5)4-3;1-3-2/h3H2,(H3,2,4,5);/q;-1. The van der Waals surface area contributed by atoms with Crippen LogP contribution in [0.25, 0.3) is 16.0 Å². The van der Waals surface area contributed by atoms with Crippen LogP contribution in [0.15, 0.2) is 0 Å². The van der Waals surface area contributed by atoms with Crippen molar-refractivity contribution in [1.82, 2.24) is 5.43 Å². The predicted octanol–water partition coefficient (Wildman–Crippen LogP) is -0.606. The highest BCUT2D eigenvalue weighted by Gasteiger charge is 1.73. The van der Waals surface area contributed by atoms with Gasteiger partial charge >= 0.3 is 6.03 Å². The number of rotatable bonds is 0. The summed E-state index contributed by atoms with van der Waals surface area (Å²) in [6.07, 6.45) is 0. The van der Waals surface area contributed by atoms with E-state index < -0.39 is 6.03 Å². The minimum Gasteiger partial charge on any atom is -0.373 e. The third kappa shape index (κ3) is 195. The zero-order valence-electron chi connectivity index (χ0n) is 3.90. The largest absolute Gasteiger partial charge is 0.373 e. The summed E-state index contributed by atoms with van der Waals surface area (Å²) in [4.78, 5) is 10.9. The summed E-state index contributed by atoms with van der Waals surface area (Å²) < 4.78 is 0. The molecule has 0 heterocycles. The second kappa shape index (κ2) is 9.11. The van der Waals surface area contributed by atoms with E-state index in [2.05, 4.69) is 11.6 Å². The van der Waals surface area contributed by atoms with Crippen molar-refractivity contribution in [2.75, 3.05) is 0 Å².